The minimum absolute atomic E-state index is 0.235. The van der Waals surface area contributed by atoms with Crippen molar-refractivity contribution < 1.29 is 19.0 Å². The first-order valence-electron chi connectivity index (χ1n) is 9.91. The molecule has 0 saturated heterocycles. The van der Waals surface area contributed by atoms with Gasteiger partial charge in [0.15, 0.2) is 11.5 Å². The Morgan fingerprint density at radius 2 is 1.94 bits per heavy atom. The number of rotatable bonds is 9. The Hall–Kier alpha value is -2.74. The zero-order valence-electron chi connectivity index (χ0n) is 17.9. The highest BCUT2D eigenvalue weighted by molar-refractivity contribution is 9.10. The van der Waals surface area contributed by atoms with E-state index in [-0.39, 0.29) is 12.5 Å². The average molecular weight is 552 g/mol. The van der Waals surface area contributed by atoms with E-state index < -0.39 is 0 Å². The average Bonchev–Trinajstić information content (AvgIpc) is 2.80. The number of hydrazone groups is 1. The topological polar surface area (TPSA) is 69.2 Å². The summed E-state index contributed by atoms with van der Waals surface area (Å²) in [7, 11) is 1.54. The maximum absolute atomic E-state index is 12.3. The number of benzene rings is 3. The van der Waals surface area contributed by atoms with Crippen LogP contribution in [0, 0.1) is 0 Å². The molecule has 0 unspecified atom stereocenters. The molecule has 0 fully saturated rings. The molecule has 1 amide bonds. The number of amides is 1. The quantitative estimate of drug-likeness (QED) is 0.243. The van der Waals surface area contributed by atoms with Crippen molar-refractivity contribution in [1.82, 2.24) is 5.43 Å². The number of nitrogens with one attached hydrogen (secondary N) is 1. The van der Waals surface area contributed by atoms with E-state index in [0.29, 0.717) is 49.5 Å². The van der Waals surface area contributed by atoms with Gasteiger partial charge in [0.25, 0.3) is 5.91 Å². The first kappa shape index (κ1) is 24.9. The predicted octanol–water partition coefficient (Wildman–Crippen LogP) is 6.51. The molecule has 0 aliphatic rings. The standard InChI is InChI=1S/C24H21BrCl2N2O4/c1-3-32-22-10-15(13-28-29-24(30)16-5-4-6-19(11-16)31-2)9-20(25)23(22)33-14-17-7-8-18(26)12-21(17)27/h4-13H,3,14H2,1-2H3,(H,29,30)/b28-13-. The van der Waals surface area contributed by atoms with Crippen LogP contribution in [0.1, 0.15) is 28.4 Å². The number of ether oxygens (including phenoxy) is 3. The first-order valence-corrected chi connectivity index (χ1v) is 11.5. The Balaban J connectivity index is 1.73. The second-order valence-electron chi connectivity index (χ2n) is 6.72. The van der Waals surface area contributed by atoms with Crippen LogP contribution in [-0.4, -0.2) is 25.8 Å². The molecule has 0 aliphatic carbocycles. The van der Waals surface area contributed by atoms with Crippen LogP contribution in [0.5, 0.6) is 17.2 Å². The van der Waals surface area contributed by atoms with Gasteiger partial charge >= 0.3 is 0 Å². The SMILES string of the molecule is CCOc1cc(/C=N\NC(=O)c2cccc(OC)c2)cc(Br)c1OCc1ccc(Cl)cc1Cl. The normalized spacial score (nSPS) is 10.8. The van der Waals surface area contributed by atoms with Crippen LogP contribution < -0.4 is 19.6 Å². The molecule has 0 atom stereocenters. The maximum Gasteiger partial charge on any atom is 0.271 e. The molecule has 172 valence electrons. The lowest BCUT2D eigenvalue weighted by Gasteiger charge is -2.15. The largest absolute Gasteiger partial charge is 0.497 e. The Labute approximate surface area is 210 Å². The number of methoxy groups -OCH3 is 1. The lowest BCUT2D eigenvalue weighted by atomic mass is 10.2. The third-order valence-electron chi connectivity index (χ3n) is 4.43. The van der Waals surface area contributed by atoms with Crippen LogP contribution in [0.3, 0.4) is 0 Å². The van der Waals surface area contributed by atoms with Crippen molar-refractivity contribution >= 4 is 51.3 Å². The lowest BCUT2D eigenvalue weighted by Crippen LogP contribution is -2.17. The van der Waals surface area contributed by atoms with E-state index in [2.05, 4.69) is 26.5 Å². The second-order valence-corrected chi connectivity index (χ2v) is 8.42. The number of hydrogen-bond donors (Lipinski definition) is 1. The van der Waals surface area contributed by atoms with Gasteiger partial charge in [-0.2, -0.15) is 5.10 Å². The smallest absolute Gasteiger partial charge is 0.271 e. The highest BCUT2D eigenvalue weighted by Crippen LogP contribution is 2.37. The summed E-state index contributed by atoms with van der Waals surface area (Å²) in [5.41, 5.74) is 4.44. The fraction of sp³-hybridized carbons (Fsp3) is 0.167. The summed E-state index contributed by atoms with van der Waals surface area (Å²) in [5, 5.41) is 5.12. The minimum atomic E-state index is -0.353. The summed E-state index contributed by atoms with van der Waals surface area (Å²) >= 11 is 15.7. The first-order chi connectivity index (χ1) is 15.9. The molecule has 0 heterocycles. The van der Waals surface area contributed by atoms with Gasteiger partial charge in [-0.05, 0) is 70.9 Å². The molecule has 0 spiro atoms. The maximum atomic E-state index is 12.3. The van der Waals surface area contributed by atoms with Gasteiger partial charge in [0, 0.05) is 21.2 Å². The van der Waals surface area contributed by atoms with Gasteiger partial charge in [0.1, 0.15) is 12.4 Å². The molecule has 0 radical (unpaired) electrons. The molecule has 3 rings (SSSR count). The van der Waals surface area contributed by atoms with Crippen molar-refractivity contribution in [2.45, 2.75) is 13.5 Å². The molecule has 3 aromatic rings. The van der Waals surface area contributed by atoms with E-state index >= 15 is 0 Å². The second kappa shape index (κ2) is 11.9. The van der Waals surface area contributed by atoms with Gasteiger partial charge in [-0.3, -0.25) is 4.79 Å². The molecule has 0 saturated carbocycles. The molecule has 3 aromatic carbocycles. The van der Waals surface area contributed by atoms with Crippen LogP contribution in [0.4, 0.5) is 0 Å². The molecule has 6 nitrogen and oxygen atoms in total. The summed E-state index contributed by atoms with van der Waals surface area (Å²) in [6.07, 6.45) is 1.52. The molecule has 0 aliphatic heterocycles. The van der Waals surface area contributed by atoms with Crippen LogP contribution in [0.15, 0.2) is 64.2 Å². The van der Waals surface area contributed by atoms with Crippen molar-refractivity contribution in [3.8, 4) is 17.2 Å². The number of hydrogen-bond acceptors (Lipinski definition) is 5. The van der Waals surface area contributed by atoms with Crippen LogP contribution in [0.2, 0.25) is 10.0 Å². The lowest BCUT2D eigenvalue weighted by molar-refractivity contribution is 0.0955. The van der Waals surface area contributed by atoms with E-state index in [9.17, 15) is 4.79 Å². The molecule has 9 heteroatoms. The Bertz CT molecular complexity index is 1170. The van der Waals surface area contributed by atoms with Gasteiger partial charge in [0.05, 0.1) is 24.4 Å². The fourth-order valence-electron chi connectivity index (χ4n) is 2.85. The Morgan fingerprint density at radius 1 is 1.12 bits per heavy atom. The zero-order chi connectivity index (χ0) is 23.8. The van der Waals surface area contributed by atoms with Gasteiger partial charge in [-0.15, -0.1) is 0 Å². The van der Waals surface area contributed by atoms with E-state index in [1.165, 1.54) is 6.21 Å². The predicted molar refractivity (Wildman–Crippen MR) is 134 cm³/mol. The van der Waals surface area contributed by atoms with Gasteiger partial charge in [-0.25, -0.2) is 5.43 Å². The summed E-state index contributed by atoms with van der Waals surface area (Å²) < 4.78 is 17.5. The summed E-state index contributed by atoms with van der Waals surface area (Å²) in [5.74, 6) is 1.29. The monoisotopic (exact) mass is 550 g/mol. The Kier molecular flexibility index (Phi) is 9.00. The highest BCUT2D eigenvalue weighted by atomic mass is 79.9. The fourth-order valence-corrected chi connectivity index (χ4v) is 3.89. The number of nitrogens with zero attached hydrogens (tertiary/aromatic N) is 1. The van der Waals surface area contributed by atoms with Crippen LogP contribution in [-0.2, 0) is 6.61 Å². The van der Waals surface area contributed by atoms with E-state index in [1.54, 1.807) is 49.6 Å². The summed E-state index contributed by atoms with van der Waals surface area (Å²) in [6.45, 7) is 2.55. The molecular weight excluding hydrogens is 531 g/mol. The summed E-state index contributed by atoms with van der Waals surface area (Å²) in [4.78, 5) is 12.3. The van der Waals surface area contributed by atoms with Gasteiger partial charge in [-0.1, -0.05) is 35.3 Å². The van der Waals surface area contributed by atoms with Crippen molar-refractivity contribution in [2.75, 3.05) is 13.7 Å². The zero-order valence-corrected chi connectivity index (χ0v) is 21.0. The molecule has 1 N–H and O–H groups in total. The molecule has 0 bridgehead atoms. The van der Waals surface area contributed by atoms with Crippen LogP contribution >= 0.6 is 39.1 Å². The minimum Gasteiger partial charge on any atom is -0.497 e. The van der Waals surface area contributed by atoms with Crippen LogP contribution in [0.25, 0.3) is 0 Å². The van der Waals surface area contributed by atoms with E-state index in [1.807, 2.05) is 19.1 Å². The highest BCUT2D eigenvalue weighted by Gasteiger charge is 2.13. The third kappa shape index (κ3) is 6.87. The van der Waals surface area contributed by atoms with Crippen molar-refractivity contribution in [1.29, 1.82) is 0 Å². The van der Waals surface area contributed by atoms with Gasteiger partial charge in [0.2, 0.25) is 0 Å². The number of carbonyl (C=O) groups excluding carboxylic acids is 1. The van der Waals surface area contributed by atoms with Crippen molar-refractivity contribution in [2.24, 2.45) is 5.10 Å². The molecule has 33 heavy (non-hydrogen) atoms. The van der Waals surface area contributed by atoms with Crippen molar-refractivity contribution in [3.05, 3.63) is 85.8 Å². The number of halogens is 3. The van der Waals surface area contributed by atoms with Crippen molar-refractivity contribution in [3.63, 3.8) is 0 Å². The molecule has 0 aromatic heterocycles. The van der Waals surface area contributed by atoms with E-state index in [0.717, 1.165) is 5.56 Å². The van der Waals surface area contributed by atoms with Gasteiger partial charge < -0.3 is 14.2 Å². The molecular formula is C24H21BrCl2N2O4. The number of carbonyl (C=O) groups is 1. The third-order valence-corrected chi connectivity index (χ3v) is 5.61. The summed E-state index contributed by atoms with van der Waals surface area (Å²) in [6, 6.07) is 15.6. The Morgan fingerprint density at radius 3 is 2.67 bits per heavy atom. The van der Waals surface area contributed by atoms with E-state index in [4.69, 9.17) is 37.4 Å².